The van der Waals surface area contributed by atoms with Crippen molar-refractivity contribution in [1.29, 1.82) is 0 Å². The lowest BCUT2D eigenvalue weighted by molar-refractivity contribution is -0.133. The summed E-state index contributed by atoms with van der Waals surface area (Å²) in [5.41, 5.74) is 0.370. The second kappa shape index (κ2) is 7.59. The third kappa shape index (κ3) is 3.98. The highest BCUT2D eigenvalue weighted by atomic mass is 16.2. The Hall–Kier alpha value is -0.610. The molecule has 2 aliphatic rings. The van der Waals surface area contributed by atoms with Crippen LogP contribution in [0.25, 0.3) is 0 Å². The number of piperidine rings is 1. The maximum absolute atomic E-state index is 12.7. The molecule has 0 aromatic carbocycles. The quantitative estimate of drug-likeness (QED) is 0.743. The van der Waals surface area contributed by atoms with Gasteiger partial charge in [-0.3, -0.25) is 4.79 Å². The van der Waals surface area contributed by atoms with E-state index in [1.54, 1.807) is 0 Å². The average Bonchev–Trinajstić information content (AvgIpc) is 3.21. The van der Waals surface area contributed by atoms with Crippen LogP contribution < -0.4 is 5.32 Å². The second-order valence-corrected chi connectivity index (χ2v) is 6.67. The lowest BCUT2D eigenvalue weighted by atomic mass is 9.91. The van der Waals surface area contributed by atoms with Gasteiger partial charge < -0.3 is 15.1 Å². The van der Waals surface area contributed by atoms with Gasteiger partial charge >= 0.3 is 0 Å². The molecule has 4 heteroatoms. The maximum Gasteiger partial charge on any atom is 0.226 e. The summed E-state index contributed by atoms with van der Waals surface area (Å²) < 4.78 is 0. The summed E-state index contributed by atoms with van der Waals surface area (Å²) in [5, 5.41) is 3.41. The minimum atomic E-state index is 0.327. The minimum Gasteiger partial charge on any atom is -0.343 e. The van der Waals surface area contributed by atoms with Crippen molar-refractivity contribution in [3.63, 3.8) is 0 Å². The first-order chi connectivity index (χ1) is 10.2. The van der Waals surface area contributed by atoms with Crippen LogP contribution in [0.3, 0.4) is 0 Å². The molecule has 1 saturated heterocycles. The summed E-state index contributed by atoms with van der Waals surface area (Å²) in [6, 6.07) is 0. The molecule has 1 saturated carbocycles. The molecule has 1 amide bonds. The zero-order valence-corrected chi connectivity index (χ0v) is 14.2. The van der Waals surface area contributed by atoms with Gasteiger partial charge in [0.05, 0.1) is 0 Å². The molecule has 1 atom stereocenters. The summed E-state index contributed by atoms with van der Waals surface area (Å²) in [4.78, 5) is 17.3. The van der Waals surface area contributed by atoms with Crippen LogP contribution in [0.1, 0.15) is 46.5 Å². The fourth-order valence-corrected chi connectivity index (χ4v) is 3.84. The Morgan fingerprint density at radius 3 is 2.33 bits per heavy atom. The molecule has 1 unspecified atom stereocenters. The molecule has 0 radical (unpaired) electrons. The van der Waals surface area contributed by atoms with Gasteiger partial charge in [-0.25, -0.2) is 0 Å². The van der Waals surface area contributed by atoms with E-state index in [1.165, 1.54) is 12.8 Å². The van der Waals surface area contributed by atoms with Gasteiger partial charge in [-0.1, -0.05) is 13.8 Å². The SMILES string of the molecule is CCN(CC)CCCN(CC)C(=O)C1CC12CCNCC2. The van der Waals surface area contributed by atoms with Gasteiger partial charge in [0.25, 0.3) is 0 Å². The number of nitrogens with one attached hydrogen (secondary N) is 1. The first-order valence-electron chi connectivity index (χ1n) is 8.88. The topological polar surface area (TPSA) is 35.6 Å². The van der Waals surface area contributed by atoms with E-state index in [1.807, 2.05) is 0 Å². The normalized spacial score (nSPS) is 23.5. The van der Waals surface area contributed by atoms with E-state index < -0.39 is 0 Å². The summed E-state index contributed by atoms with van der Waals surface area (Å²) in [6.07, 6.45) is 4.63. The summed E-state index contributed by atoms with van der Waals surface area (Å²) >= 11 is 0. The Morgan fingerprint density at radius 1 is 1.10 bits per heavy atom. The molecule has 1 spiro atoms. The highest BCUT2D eigenvalue weighted by Gasteiger charge is 2.58. The van der Waals surface area contributed by atoms with Crippen molar-refractivity contribution < 1.29 is 4.79 Å². The van der Waals surface area contributed by atoms with Crippen molar-refractivity contribution >= 4 is 5.91 Å². The predicted octanol–water partition coefficient (Wildman–Crippen LogP) is 1.96. The van der Waals surface area contributed by atoms with E-state index in [2.05, 4.69) is 35.9 Å². The van der Waals surface area contributed by atoms with Gasteiger partial charge in [0.2, 0.25) is 5.91 Å². The number of rotatable bonds is 8. The molecular formula is C17H33N3O. The van der Waals surface area contributed by atoms with Crippen LogP contribution in [-0.4, -0.2) is 61.5 Å². The van der Waals surface area contributed by atoms with Crippen LogP contribution >= 0.6 is 0 Å². The van der Waals surface area contributed by atoms with Crippen molar-refractivity contribution in [2.45, 2.75) is 46.5 Å². The van der Waals surface area contributed by atoms with Crippen molar-refractivity contribution in [3.8, 4) is 0 Å². The number of carbonyl (C=O) groups is 1. The number of nitrogens with zero attached hydrogens (tertiary/aromatic N) is 2. The Balaban J connectivity index is 1.77. The van der Waals surface area contributed by atoms with Gasteiger partial charge in [-0.2, -0.15) is 0 Å². The van der Waals surface area contributed by atoms with Gasteiger partial charge in [0, 0.05) is 19.0 Å². The van der Waals surface area contributed by atoms with E-state index >= 15 is 0 Å². The van der Waals surface area contributed by atoms with Gasteiger partial charge in [0.15, 0.2) is 0 Å². The molecule has 1 heterocycles. The van der Waals surface area contributed by atoms with E-state index in [9.17, 15) is 4.79 Å². The summed E-state index contributed by atoms with van der Waals surface area (Å²) in [5.74, 6) is 0.756. The Morgan fingerprint density at radius 2 is 1.76 bits per heavy atom. The van der Waals surface area contributed by atoms with E-state index in [4.69, 9.17) is 0 Å². The number of hydrogen-bond donors (Lipinski definition) is 1. The standard InChI is InChI=1S/C17H33N3O/c1-4-19(5-2)12-7-13-20(6-3)16(21)15-14-17(15)8-10-18-11-9-17/h15,18H,4-14H2,1-3H3. The van der Waals surface area contributed by atoms with Crippen molar-refractivity contribution in [2.75, 3.05) is 45.8 Å². The monoisotopic (exact) mass is 295 g/mol. The lowest BCUT2D eigenvalue weighted by Crippen LogP contribution is -2.38. The Labute approximate surface area is 130 Å². The van der Waals surface area contributed by atoms with Crippen LogP contribution in [0.15, 0.2) is 0 Å². The molecule has 0 bridgehead atoms. The zero-order valence-electron chi connectivity index (χ0n) is 14.2. The fourth-order valence-electron chi connectivity index (χ4n) is 3.84. The van der Waals surface area contributed by atoms with Crippen molar-refractivity contribution in [2.24, 2.45) is 11.3 Å². The smallest absolute Gasteiger partial charge is 0.226 e. The van der Waals surface area contributed by atoms with Crippen LogP contribution in [0.2, 0.25) is 0 Å². The van der Waals surface area contributed by atoms with Crippen LogP contribution in [-0.2, 0) is 4.79 Å². The van der Waals surface area contributed by atoms with Crippen LogP contribution in [0.5, 0.6) is 0 Å². The molecule has 2 rings (SSSR count). The molecule has 1 aliphatic heterocycles. The average molecular weight is 295 g/mol. The first-order valence-corrected chi connectivity index (χ1v) is 8.88. The maximum atomic E-state index is 12.7. The lowest BCUT2D eigenvalue weighted by Gasteiger charge is -2.27. The van der Waals surface area contributed by atoms with Gasteiger partial charge in [0.1, 0.15) is 0 Å². The molecule has 0 aromatic heterocycles. The summed E-state index contributed by atoms with van der Waals surface area (Å²) in [6.45, 7) is 13.8. The highest BCUT2D eigenvalue weighted by molar-refractivity contribution is 5.82. The fraction of sp³-hybridized carbons (Fsp3) is 0.941. The van der Waals surface area contributed by atoms with Crippen LogP contribution in [0, 0.1) is 11.3 Å². The first kappa shape index (κ1) is 16.8. The predicted molar refractivity (Wildman–Crippen MR) is 87.3 cm³/mol. The largest absolute Gasteiger partial charge is 0.343 e. The molecule has 21 heavy (non-hydrogen) atoms. The third-order valence-corrected chi connectivity index (χ3v) is 5.58. The molecule has 2 fully saturated rings. The van der Waals surface area contributed by atoms with Crippen molar-refractivity contribution in [3.05, 3.63) is 0 Å². The Kier molecular flexibility index (Phi) is 6.06. The molecule has 1 aliphatic carbocycles. The molecule has 1 N–H and O–H groups in total. The number of hydrogen-bond acceptors (Lipinski definition) is 3. The van der Waals surface area contributed by atoms with Gasteiger partial charge in [-0.05, 0) is 70.7 Å². The van der Waals surface area contributed by atoms with Crippen molar-refractivity contribution in [1.82, 2.24) is 15.1 Å². The minimum absolute atomic E-state index is 0.327. The molecular weight excluding hydrogens is 262 g/mol. The third-order valence-electron chi connectivity index (χ3n) is 5.58. The second-order valence-electron chi connectivity index (χ2n) is 6.67. The Bertz CT molecular complexity index is 335. The molecule has 4 nitrogen and oxygen atoms in total. The van der Waals surface area contributed by atoms with E-state index in [0.29, 0.717) is 17.2 Å². The zero-order chi connectivity index (χ0) is 15.3. The van der Waals surface area contributed by atoms with E-state index in [0.717, 1.165) is 58.7 Å². The molecule has 122 valence electrons. The number of amides is 1. The van der Waals surface area contributed by atoms with E-state index in [-0.39, 0.29) is 0 Å². The number of carbonyl (C=O) groups excluding carboxylic acids is 1. The molecule has 0 aromatic rings. The van der Waals surface area contributed by atoms with Crippen LogP contribution in [0.4, 0.5) is 0 Å². The highest BCUT2D eigenvalue weighted by Crippen LogP contribution is 2.59. The van der Waals surface area contributed by atoms with Gasteiger partial charge in [-0.15, -0.1) is 0 Å². The summed E-state index contributed by atoms with van der Waals surface area (Å²) in [7, 11) is 0.